The van der Waals surface area contributed by atoms with Gasteiger partial charge in [0.1, 0.15) is 5.69 Å². The molecule has 1 rings (SSSR count). The fourth-order valence-electron chi connectivity index (χ4n) is 1.66. The summed E-state index contributed by atoms with van der Waals surface area (Å²) in [6.07, 6.45) is 1.69. The molecule has 0 bridgehead atoms. The fourth-order valence-corrected chi connectivity index (χ4v) is 1.66. The smallest absolute Gasteiger partial charge is 0.271 e. The van der Waals surface area contributed by atoms with Gasteiger partial charge in [-0.15, -0.1) is 0 Å². The van der Waals surface area contributed by atoms with Crippen LogP contribution in [-0.4, -0.2) is 34.2 Å². The van der Waals surface area contributed by atoms with Crippen LogP contribution in [0.15, 0.2) is 6.20 Å². The van der Waals surface area contributed by atoms with Crippen molar-refractivity contribution in [3.63, 3.8) is 0 Å². The second kappa shape index (κ2) is 6.77. The predicted molar refractivity (Wildman–Crippen MR) is 72.5 cm³/mol. The molecule has 4 N–H and O–H groups in total. The number of aromatic nitrogens is 2. The first kappa shape index (κ1) is 15.0. The van der Waals surface area contributed by atoms with Crippen molar-refractivity contribution in [3.05, 3.63) is 11.9 Å². The summed E-state index contributed by atoms with van der Waals surface area (Å²) in [5, 5.41) is 9.41. The number of anilines is 1. The molecular weight excluding hydrogens is 246 g/mol. The Kier molecular flexibility index (Phi) is 5.35. The topological polar surface area (TPSA) is 102 Å². The Bertz CT molecular complexity index is 453. The zero-order valence-electron chi connectivity index (χ0n) is 11.6. The molecule has 19 heavy (non-hydrogen) atoms. The first-order chi connectivity index (χ1) is 8.95. The van der Waals surface area contributed by atoms with Crippen LogP contribution < -0.4 is 16.4 Å². The van der Waals surface area contributed by atoms with E-state index >= 15 is 0 Å². The van der Waals surface area contributed by atoms with E-state index in [1.807, 2.05) is 20.8 Å². The molecule has 0 saturated carbocycles. The van der Waals surface area contributed by atoms with E-state index in [-0.39, 0.29) is 30.8 Å². The van der Waals surface area contributed by atoms with E-state index in [0.29, 0.717) is 17.9 Å². The maximum absolute atomic E-state index is 11.9. The quantitative estimate of drug-likeness (QED) is 0.681. The maximum Gasteiger partial charge on any atom is 0.271 e. The first-order valence-electron chi connectivity index (χ1n) is 6.34. The third-order valence-corrected chi connectivity index (χ3v) is 2.47. The van der Waals surface area contributed by atoms with Crippen LogP contribution in [0.5, 0.6) is 0 Å². The van der Waals surface area contributed by atoms with E-state index in [2.05, 4.69) is 15.7 Å². The standard InChI is InChI=1S/C12H21N5O2/c1-4-17-11(9(13)7-15-17)12(19)14-6-5-10(18)16-8(2)3/h7-8H,4-6,13H2,1-3H3,(H,14,19)(H,16,18). The summed E-state index contributed by atoms with van der Waals surface area (Å²) in [5.74, 6) is -0.401. The molecule has 7 heteroatoms. The number of carbonyl (C=O) groups excluding carboxylic acids is 2. The molecule has 0 aliphatic rings. The lowest BCUT2D eigenvalue weighted by Crippen LogP contribution is -2.34. The van der Waals surface area contributed by atoms with Crippen LogP contribution in [0.25, 0.3) is 0 Å². The van der Waals surface area contributed by atoms with Gasteiger partial charge in [0.05, 0.1) is 11.9 Å². The van der Waals surface area contributed by atoms with E-state index in [1.165, 1.54) is 10.9 Å². The lowest BCUT2D eigenvalue weighted by atomic mass is 10.3. The van der Waals surface area contributed by atoms with Crippen molar-refractivity contribution in [3.8, 4) is 0 Å². The summed E-state index contributed by atoms with van der Waals surface area (Å²) in [7, 11) is 0. The fraction of sp³-hybridized carbons (Fsp3) is 0.583. The molecule has 1 aromatic heterocycles. The van der Waals surface area contributed by atoms with Gasteiger partial charge in [0.15, 0.2) is 0 Å². The van der Waals surface area contributed by atoms with Crippen LogP contribution in [0.2, 0.25) is 0 Å². The Hall–Kier alpha value is -2.05. The largest absolute Gasteiger partial charge is 0.396 e. The Morgan fingerprint density at radius 3 is 2.74 bits per heavy atom. The monoisotopic (exact) mass is 267 g/mol. The highest BCUT2D eigenvalue weighted by atomic mass is 16.2. The van der Waals surface area contributed by atoms with Gasteiger partial charge >= 0.3 is 0 Å². The van der Waals surface area contributed by atoms with Crippen molar-refractivity contribution in [2.75, 3.05) is 12.3 Å². The minimum Gasteiger partial charge on any atom is -0.396 e. The van der Waals surface area contributed by atoms with Gasteiger partial charge in [-0.3, -0.25) is 14.3 Å². The van der Waals surface area contributed by atoms with Crippen molar-refractivity contribution in [2.45, 2.75) is 39.8 Å². The second-order valence-corrected chi connectivity index (χ2v) is 4.49. The van der Waals surface area contributed by atoms with Crippen molar-refractivity contribution >= 4 is 17.5 Å². The van der Waals surface area contributed by atoms with Crippen molar-refractivity contribution < 1.29 is 9.59 Å². The number of hydrogen-bond acceptors (Lipinski definition) is 4. The molecule has 0 aliphatic carbocycles. The summed E-state index contributed by atoms with van der Waals surface area (Å²) in [6.45, 7) is 6.48. The van der Waals surface area contributed by atoms with Crippen LogP contribution in [-0.2, 0) is 11.3 Å². The van der Waals surface area contributed by atoms with Gasteiger partial charge in [-0.1, -0.05) is 0 Å². The van der Waals surface area contributed by atoms with Gasteiger partial charge in [-0.25, -0.2) is 0 Å². The molecular formula is C12H21N5O2. The summed E-state index contributed by atoms with van der Waals surface area (Å²) in [6, 6.07) is 0.0976. The zero-order chi connectivity index (χ0) is 14.4. The highest BCUT2D eigenvalue weighted by molar-refractivity contribution is 5.97. The molecule has 0 spiro atoms. The molecule has 1 aromatic rings. The Labute approximate surface area is 112 Å². The minimum absolute atomic E-state index is 0.0905. The van der Waals surface area contributed by atoms with Gasteiger partial charge in [0.2, 0.25) is 5.91 Å². The number of aryl methyl sites for hydroxylation is 1. The number of nitrogens with zero attached hydrogens (tertiary/aromatic N) is 2. The van der Waals surface area contributed by atoms with Gasteiger partial charge in [0.25, 0.3) is 5.91 Å². The highest BCUT2D eigenvalue weighted by Gasteiger charge is 2.15. The van der Waals surface area contributed by atoms with Crippen molar-refractivity contribution in [1.82, 2.24) is 20.4 Å². The molecule has 0 saturated heterocycles. The molecule has 1 heterocycles. The van der Waals surface area contributed by atoms with Gasteiger partial charge in [-0.2, -0.15) is 5.10 Å². The van der Waals surface area contributed by atoms with Crippen LogP contribution in [0.1, 0.15) is 37.7 Å². The summed E-state index contributed by atoms with van der Waals surface area (Å²) >= 11 is 0. The van der Waals surface area contributed by atoms with E-state index in [9.17, 15) is 9.59 Å². The van der Waals surface area contributed by atoms with Gasteiger partial charge < -0.3 is 16.4 Å². The third-order valence-electron chi connectivity index (χ3n) is 2.47. The van der Waals surface area contributed by atoms with Gasteiger partial charge in [0, 0.05) is 25.6 Å². The molecule has 0 aromatic carbocycles. The lowest BCUT2D eigenvalue weighted by molar-refractivity contribution is -0.121. The lowest BCUT2D eigenvalue weighted by Gasteiger charge is -2.09. The van der Waals surface area contributed by atoms with Gasteiger partial charge in [-0.05, 0) is 20.8 Å². The number of hydrogen-bond donors (Lipinski definition) is 3. The second-order valence-electron chi connectivity index (χ2n) is 4.49. The number of nitrogens with one attached hydrogen (secondary N) is 2. The number of nitrogens with two attached hydrogens (primary N) is 1. The van der Waals surface area contributed by atoms with Crippen LogP contribution in [0.3, 0.4) is 0 Å². The van der Waals surface area contributed by atoms with Crippen LogP contribution in [0.4, 0.5) is 5.69 Å². The van der Waals surface area contributed by atoms with E-state index in [1.54, 1.807) is 0 Å². The average Bonchev–Trinajstić information content (AvgIpc) is 2.69. The number of amides is 2. The third kappa shape index (κ3) is 4.27. The average molecular weight is 267 g/mol. The Morgan fingerprint density at radius 2 is 2.16 bits per heavy atom. The SMILES string of the molecule is CCn1ncc(N)c1C(=O)NCCC(=O)NC(C)C. The zero-order valence-corrected chi connectivity index (χ0v) is 11.6. The molecule has 106 valence electrons. The molecule has 0 aliphatic heterocycles. The number of rotatable bonds is 6. The Morgan fingerprint density at radius 1 is 1.47 bits per heavy atom. The molecule has 0 radical (unpaired) electrons. The normalized spacial score (nSPS) is 10.5. The number of nitrogen functional groups attached to an aromatic ring is 1. The Balaban J connectivity index is 2.47. The first-order valence-corrected chi connectivity index (χ1v) is 6.34. The van der Waals surface area contributed by atoms with Crippen LogP contribution >= 0.6 is 0 Å². The maximum atomic E-state index is 11.9. The van der Waals surface area contributed by atoms with Crippen LogP contribution in [0, 0.1) is 0 Å². The van der Waals surface area contributed by atoms with E-state index in [0.717, 1.165) is 0 Å². The molecule has 0 atom stereocenters. The van der Waals surface area contributed by atoms with E-state index < -0.39 is 0 Å². The summed E-state index contributed by atoms with van der Waals surface area (Å²) < 4.78 is 1.53. The molecule has 0 unspecified atom stereocenters. The minimum atomic E-state index is -0.311. The molecule has 2 amide bonds. The van der Waals surface area contributed by atoms with Crippen molar-refractivity contribution in [1.29, 1.82) is 0 Å². The summed E-state index contributed by atoms with van der Waals surface area (Å²) in [4.78, 5) is 23.3. The van der Waals surface area contributed by atoms with Crippen molar-refractivity contribution in [2.24, 2.45) is 0 Å². The predicted octanol–water partition coefficient (Wildman–Crippen LogP) is 0.130. The van der Waals surface area contributed by atoms with E-state index in [4.69, 9.17) is 5.73 Å². The summed E-state index contributed by atoms with van der Waals surface area (Å²) in [5.41, 5.74) is 6.37. The highest BCUT2D eigenvalue weighted by Crippen LogP contribution is 2.10. The molecule has 0 fully saturated rings. The molecule has 7 nitrogen and oxygen atoms in total. The number of carbonyl (C=O) groups is 2.